The molecule has 0 aliphatic carbocycles. The quantitative estimate of drug-likeness (QED) is 0.511. The lowest BCUT2D eigenvalue weighted by molar-refractivity contribution is -0.243. The summed E-state index contributed by atoms with van der Waals surface area (Å²) in [6.45, 7) is 2.75. The van der Waals surface area contributed by atoms with Gasteiger partial charge in [0.05, 0.1) is 12.7 Å². The van der Waals surface area contributed by atoms with Crippen molar-refractivity contribution in [1.82, 2.24) is 0 Å². The van der Waals surface area contributed by atoms with Gasteiger partial charge in [-0.25, -0.2) is 0 Å². The molecule has 0 aliphatic rings. The highest BCUT2D eigenvalue weighted by atomic mass is 19.4. The van der Waals surface area contributed by atoms with Gasteiger partial charge in [0.25, 0.3) is 0 Å². The van der Waals surface area contributed by atoms with E-state index in [4.69, 9.17) is 0 Å². The van der Waals surface area contributed by atoms with Crippen molar-refractivity contribution in [2.24, 2.45) is 0 Å². The Balaban J connectivity index is 4.35. The standard InChI is InChI=1S/C6H6F6O/c1-2-13-4(6(10,11)12)3-5(7,8)9/h2,4H,1,3H2. The number of hydrogen-bond donors (Lipinski definition) is 0. The summed E-state index contributed by atoms with van der Waals surface area (Å²) in [6, 6.07) is 0. The van der Waals surface area contributed by atoms with Crippen LogP contribution in [-0.2, 0) is 4.74 Å². The van der Waals surface area contributed by atoms with Gasteiger partial charge in [0.15, 0.2) is 0 Å². The van der Waals surface area contributed by atoms with Crippen LogP contribution in [0, 0.1) is 0 Å². The van der Waals surface area contributed by atoms with E-state index in [9.17, 15) is 26.3 Å². The molecule has 1 atom stereocenters. The Labute approximate surface area is 70.0 Å². The number of rotatable bonds is 3. The van der Waals surface area contributed by atoms with Crippen molar-refractivity contribution in [3.8, 4) is 0 Å². The van der Waals surface area contributed by atoms with Crippen LogP contribution < -0.4 is 0 Å². The van der Waals surface area contributed by atoms with Crippen LogP contribution in [0.15, 0.2) is 12.8 Å². The van der Waals surface area contributed by atoms with Gasteiger partial charge in [0.1, 0.15) is 0 Å². The Kier molecular flexibility index (Phi) is 3.62. The second-order valence-corrected chi connectivity index (χ2v) is 2.15. The Bertz CT molecular complexity index is 169. The first-order valence-electron chi connectivity index (χ1n) is 3.06. The third-order valence-corrected chi connectivity index (χ3v) is 1.04. The summed E-state index contributed by atoms with van der Waals surface area (Å²) in [5.74, 6) is 0. The van der Waals surface area contributed by atoms with Gasteiger partial charge in [-0.05, 0) is 0 Å². The van der Waals surface area contributed by atoms with Gasteiger partial charge in [0.2, 0.25) is 6.10 Å². The highest BCUT2D eigenvalue weighted by Gasteiger charge is 2.47. The third kappa shape index (κ3) is 5.37. The molecule has 0 aromatic heterocycles. The molecule has 13 heavy (non-hydrogen) atoms. The predicted molar refractivity (Wildman–Crippen MR) is 31.8 cm³/mol. The molecule has 1 unspecified atom stereocenters. The monoisotopic (exact) mass is 208 g/mol. The zero-order valence-electron chi connectivity index (χ0n) is 6.24. The molecule has 0 radical (unpaired) electrons. The average molecular weight is 208 g/mol. The second kappa shape index (κ2) is 3.89. The van der Waals surface area contributed by atoms with Crippen LogP contribution in [0.1, 0.15) is 6.42 Å². The molecule has 0 rings (SSSR count). The molecular formula is C6H6F6O. The first kappa shape index (κ1) is 12.1. The van der Waals surface area contributed by atoms with Crippen molar-refractivity contribution in [2.45, 2.75) is 24.9 Å². The van der Waals surface area contributed by atoms with Crippen LogP contribution in [0.2, 0.25) is 0 Å². The number of hydrogen-bond acceptors (Lipinski definition) is 1. The second-order valence-electron chi connectivity index (χ2n) is 2.15. The van der Waals surface area contributed by atoms with E-state index in [1.807, 2.05) is 0 Å². The van der Waals surface area contributed by atoms with Gasteiger partial charge >= 0.3 is 12.4 Å². The zero-order chi connectivity index (χ0) is 10.7. The third-order valence-electron chi connectivity index (χ3n) is 1.04. The van der Waals surface area contributed by atoms with Gasteiger partial charge in [-0.3, -0.25) is 0 Å². The molecule has 78 valence electrons. The van der Waals surface area contributed by atoms with Gasteiger partial charge in [-0.15, -0.1) is 0 Å². The first-order chi connectivity index (χ1) is 5.67. The lowest BCUT2D eigenvalue weighted by atomic mass is 10.2. The van der Waals surface area contributed by atoms with Crippen LogP contribution >= 0.6 is 0 Å². The summed E-state index contributed by atoms with van der Waals surface area (Å²) in [7, 11) is 0. The normalized spacial score (nSPS) is 15.2. The molecule has 0 heterocycles. The van der Waals surface area contributed by atoms with E-state index in [0.29, 0.717) is 6.26 Å². The number of halogens is 6. The fraction of sp³-hybridized carbons (Fsp3) is 0.667. The maximum absolute atomic E-state index is 11.8. The summed E-state index contributed by atoms with van der Waals surface area (Å²) in [6.07, 6.45) is -14.6. The van der Waals surface area contributed by atoms with Crippen molar-refractivity contribution in [2.75, 3.05) is 0 Å². The van der Waals surface area contributed by atoms with Crippen molar-refractivity contribution < 1.29 is 31.1 Å². The number of alkyl halides is 6. The van der Waals surface area contributed by atoms with E-state index in [2.05, 4.69) is 11.3 Å². The first-order valence-corrected chi connectivity index (χ1v) is 3.06. The van der Waals surface area contributed by atoms with E-state index in [0.717, 1.165) is 0 Å². The predicted octanol–water partition coefficient (Wildman–Crippen LogP) is 3.03. The Morgan fingerprint density at radius 1 is 1.15 bits per heavy atom. The summed E-state index contributed by atoms with van der Waals surface area (Å²) in [4.78, 5) is 0. The van der Waals surface area contributed by atoms with Crippen molar-refractivity contribution in [3.05, 3.63) is 12.8 Å². The van der Waals surface area contributed by atoms with E-state index in [1.165, 1.54) is 0 Å². The molecule has 1 nitrogen and oxygen atoms in total. The highest BCUT2D eigenvalue weighted by Crippen LogP contribution is 2.32. The minimum atomic E-state index is -5.04. The maximum atomic E-state index is 11.8. The molecule has 0 aliphatic heterocycles. The van der Waals surface area contributed by atoms with Gasteiger partial charge < -0.3 is 4.74 Å². The van der Waals surface area contributed by atoms with Crippen molar-refractivity contribution >= 4 is 0 Å². The fourth-order valence-corrected chi connectivity index (χ4v) is 0.567. The van der Waals surface area contributed by atoms with E-state index >= 15 is 0 Å². The molecule has 0 saturated carbocycles. The maximum Gasteiger partial charge on any atom is 0.425 e. The minimum Gasteiger partial charge on any atom is -0.489 e. The molecule has 0 aromatic rings. The fourth-order valence-electron chi connectivity index (χ4n) is 0.567. The summed E-state index contributed by atoms with van der Waals surface area (Å²) >= 11 is 0. The lowest BCUT2D eigenvalue weighted by Gasteiger charge is -2.20. The average Bonchev–Trinajstić information content (AvgIpc) is 1.81. The van der Waals surface area contributed by atoms with Crippen LogP contribution in [0.4, 0.5) is 26.3 Å². The van der Waals surface area contributed by atoms with Gasteiger partial charge in [-0.1, -0.05) is 6.58 Å². The topological polar surface area (TPSA) is 9.23 Å². The van der Waals surface area contributed by atoms with E-state index < -0.39 is 24.9 Å². The molecule has 0 aromatic carbocycles. The van der Waals surface area contributed by atoms with Crippen LogP contribution in [0.3, 0.4) is 0 Å². The molecule has 0 N–H and O–H groups in total. The van der Waals surface area contributed by atoms with Crippen LogP contribution in [-0.4, -0.2) is 18.5 Å². The van der Waals surface area contributed by atoms with Crippen molar-refractivity contribution in [1.29, 1.82) is 0 Å². The van der Waals surface area contributed by atoms with E-state index in [-0.39, 0.29) is 0 Å². The van der Waals surface area contributed by atoms with Crippen LogP contribution in [0.25, 0.3) is 0 Å². The molecule has 0 saturated heterocycles. The summed E-state index contributed by atoms with van der Waals surface area (Å²) in [5.41, 5.74) is 0. The minimum absolute atomic E-state index is 0.337. The van der Waals surface area contributed by atoms with Gasteiger partial charge in [-0.2, -0.15) is 26.3 Å². The Hall–Kier alpha value is -0.880. The van der Waals surface area contributed by atoms with Crippen LogP contribution in [0.5, 0.6) is 0 Å². The van der Waals surface area contributed by atoms with Crippen molar-refractivity contribution in [3.63, 3.8) is 0 Å². The highest BCUT2D eigenvalue weighted by molar-refractivity contribution is 4.74. The molecule has 0 bridgehead atoms. The smallest absolute Gasteiger partial charge is 0.425 e. The lowest BCUT2D eigenvalue weighted by Crippen LogP contribution is -2.34. The largest absolute Gasteiger partial charge is 0.489 e. The Morgan fingerprint density at radius 3 is 1.85 bits per heavy atom. The molecule has 0 spiro atoms. The van der Waals surface area contributed by atoms with E-state index in [1.54, 1.807) is 0 Å². The summed E-state index contributed by atoms with van der Waals surface area (Å²) in [5, 5.41) is 0. The van der Waals surface area contributed by atoms with Gasteiger partial charge in [0, 0.05) is 0 Å². The SMILES string of the molecule is C=COC(CC(F)(F)F)C(F)(F)F. The molecule has 7 heteroatoms. The molecular weight excluding hydrogens is 202 g/mol. The molecule has 0 fully saturated rings. The number of ether oxygens (including phenoxy) is 1. The Morgan fingerprint density at radius 2 is 1.62 bits per heavy atom. The summed E-state index contributed by atoms with van der Waals surface area (Å²) < 4.78 is 73.6. The molecule has 0 amide bonds. The zero-order valence-corrected chi connectivity index (χ0v) is 6.24.